The first kappa shape index (κ1) is 14.3. The summed E-state index contributed by atoms with van der Waals surface area (Å²) in [5.41, 5.74) is 0. The number of carboxylic acids is 1. The van der Waals surface area contributed by atoms with Crippen molar-refractivity contribution < 1.29 is 19.8 Å². The van der Waals surface area contributed by atoms with Gasteiger partial charge < -0.3 is 25.0 Å². The maximum absolute atomic E-state index is 12.1. The lowest BCUT2D eigenvalue weighted by Crippen LogP contribution is -2.49. The number of hydrogen-bond donors (Lipinski definition) is 3. The van der Waals surface area contributed by atoms with Gasteiger partial charge in [0.05, 0.1) is 12.4 Å². The van der Waals surface area contributed by atoms with E-state index in [1.54, 1.807) is 18.7 Å². The molecule has 0 bridgehead atoms. The molecular weight excluding hydrogens is 264 g/mol. The number of carbonyl (C=O) groups is 2. The van der Waals surface area contributed by atoms with E-state index in [0.29, 0.717) is 6.54 Å². The number of nitrogens with one attached hydrogen (secondary N) is 1. The van der Waals surface area contributed by atoms with Crippen molar-refractivity contribution in [3.8, 4) is 0 Å². The first-order valence-corrected chi connectivity index (χ1v) is 6.41. The van der Waals surface area contributed by atoms with Crippen LogP contribution in [0.15, 0.2) is 18.7 Å². The van der Waals surface area contributed by atoms with E-state index in [1.807, 2.05) is 11.5 Å². The third-order valence-electron chi connectivity index (χ3n) is 3.24. The number of aliphatic carboxylic acids is 1. The third-order valence-corrected chi connectivity index (χ3v) is 3.24. The minimum absolute atomic E-state index is 0.0423. The summed E-state index contributed by atoms with van der Waals surface area (Å²) < 4.78 is 1.82. The molecule has 0 radical (unpaired) electrons. The summed E-state index contributed by atoms with van der Waals surface area (Å²) in [6, 6.07) is -1.61. The number of imidazole rings is 1. The highest BCUT2D eigenvalue weighted by atomic mass is 16.4. The summed E-state index contributed by atoms with van der Waals surface area (Å²) in [4.78, 5) is 28.2. The van der Waals surface area contributed by atoms with Crippen LogP contribution in [0.2, 0.25) is 0 Å². The first-order chi connectivity index (χ1) is 9.47. The Kier molecular flexibility index (Phi) is 4.23. The molecule has 0 spiro atoms. The van der Waals surface area contributed by atoms with E-state index in [-0.39, 0.29) is 19.0 Å². The smallest absolute Gasteiger partial charge is 0.326 e. The van der Waals surface area contributed by atoms with Gasteiger partial charge in [-0.25, -0.2) is 14.6 Å². The van der Waals surface area contributed by atoms with Crippen LogP contribution in [0.4, 0.5) is 4.79 Å². The molecule has 1 aliphatic heterocycles. The Balaban J connectivity index is 1.92. The van der Waals surface area contributed by atoms with Gasteiger partial charge in [0.1, 0.15) is 6.04 Å². The quantitative estimate of drug-likeness (QED) is 0.690. The molecule has 1 aromatic rings. The summed E-state index contributed by atoms with van der Waals surface area (Å²) in [6.45, 7) is 2.40. The van der Waals surface area contributed by atoms with Crippen LogP contribution >= 0.6 is 0 Å². The zero-order chi connectivity index (χ0) is 14.7. The van der Waals surface area contributed by atoms with Crippen molar-refractivity contribution in [1.82, 2.24) is 19.8 Å². The van der Waals surface area contributed by atoms with Crippen molar-refractivity contribution in [2.75, 3.05) is 6.54 Å². The minimum Gasteiger partial charge on any atom is -0.480 e. The molecule has 0 aromatic carbocycles. The number of likely N-dealkylation sites (tertiary alicyclic amines) is 1. The molecule has 2 rings (SSSR count). The SMILES string of the molecule is CC(Cn1ccnc1)NC(=O)N1C[C@H](O)C[C@H]1C(=O)O. The van der Waals surface area contributed by atoms with Crippen LogP contribution in [-0.2, 0) is 11.3 Å². The highest BCUT2D eigenvalue weighted by molar-refractivity contribution is 5.83. The van der Waals surface area contributed by atoms with E-state index in [2.05, 4.69) is 10.3 Å². The van der Waals surface area contributed by atoms with E-state index in [4.69, 9.17) is 5.11 Å². The van der Waals surface area contributed by atoms with Gasteiger partial charge in [0, 0.05) is 37.9 Å². The molecule has 20 heavy (non-hydrogen) atoms. The molecule has 2 amide bonds. The maximum atomic E-state index is 12.1. The van der Waals surface area contributed by atoms with Gasteiger partial charge in [-0.1, -0.05) is 0 Å². The van der Waals surface area contributed by atoms with Crippen LogP contribution in [0.1, 0.15) is 13.3 Å². The number of aromatic nitrogens is 2. The number of carboxylic acid groups (broad SMARTS) is 1. The number of amides is 2. The Hall–Kier alpha value is -2.09. The lowest BCUT2D eigenvalue weighted by atomic mass is 10.2. The molecule has 2 heterocycles. The average molecular weight is 282 g/mol. The van der Waals surface area contributed by atoms with Gasteiger partial charge in [0.25, 0.3) is 0 Å². The molecule has 1 unspecified atom stereocenters. The fraction of sp³-hybridized carbons (Fsp3) is 0.583. The van der Waals surface area contributed by atoms with Crippen LogP contribution in [0.3, 0.4) is 0 Å². The van der Waals surface area contributed by atoms with Crippen molar-refractivity contribution in [2.45, 2.75) is 38.1 Å². The fourth-order valence-corrected chi connectivity index (χ4v) is 2.32. The highest BCUT2D eigenvalue weighted by Crippen LogP contribution is 2.18. The van der Waals surface area contributed by atoms with Crippen molar-refractivity contribution in [3.63, 3.8) is 0 Å². The average Bonchev–Trinajstić information content (AvgIpc) is 2.97. The van der Waals surface area contributed by atoms with E-state index in [9.17, 15) is 14.7 Å². The largest absolute Gasteiger partial charge is 0.480 e. The summed E-state index contributed by atoms with van der Waals surface area (Å²) >= 11 is 0. The van der Waals surface area contributed by atoms with Crippen LogP contribution in [0, 0.1) is 0 Å². The third kappa shape index (κ3) is 3.27. The Morgan fingerprint density at radius 2 is 2.30 bits per heavy atom. The van der Waals surface area contributed by atoms with E-state index >= 15 is 0 Å². The molecule has 0 saturated carbocycles. The van der Waals surface area contributed by atoms with Crippen molar-refractivity contribution in [1.29, 1.82) is 0 Å². The molecule has 0 aliphatic carbocycles. The second kappa shape index (κ2) is 5.91. The van der Waals surface area contributed by atoms with Gasteiger partial charge in [-0.3, -0.25) is 0 Å². The standard InChI is InChI=1S/C12H18N4O4/c1-8(5-15-3-2-13-7-15)14-12(20)16-6-9(17)4-10(16)11(18)19/h2-3,7-10,17H,4-6H2,1H3,(H,14,20)(H,18,19)/t8?,9-,10+/m1/s1. The molecular formula is C12H18N4O4. The van der Waals surface area contributed by atoms with Gasteiger partial charge >= 0.3 is 12.0 Å². The van der Waals surface area contributed by atoms with Gasteiger partial charge in [-0.05, 0) is 6.92 Å². The van der Waals surface area contributed by atoms with E-state index in [1.165, 1.54) is 0 Å². The lowest BCUT2D eigenvalue weighted by Gasteiger charge is -2.24. The molecule has 3 N–H and O–H groups in total. The molecule has 110 valence electrons. The summed E-state index contributed by atoms with van der Waals surface area (Å²) in [5.74, 6) is -1.10. The minimum atomic E-state index is -1.10. The Bertz CT molecular complexity index is 476. The zero-order valence-electron chi connectivity index (χ0n) is 11.1. The number of urea groups is 1. The maximum Gasteiger partial charge on any atom is 0.326 e. The van der Waals surface area contributed by atoms with Crippen molar-refractivity contribution in [3.05, 3.63) is 18.7 Å². The first-order valence-electron chi connectivity index (χ1n) is 6.41. The van der Waals surface area contributed by atoms with E-state index in [0.717, 1.165) is 4.90 Å². The lowest BCUT2D eigenvalue weighted by molar-refractivity contribution is -0.141. The fourth-order valence-electron chi connectivity index (χ4n) is 2.32. The van der Waals surface area contributed by atoms with E-state index < -0.39 is 24.1 Å². The molecule has 3 atom stereocenters. The van der Waals surface area contributed by atoms with Gasteiger partial charge in [0.2, 0.25) is 0 Å². The number of rotatable bonds is 4. The van der Waals surface area contributed by atoms with Crippen LogP contribution < -0.4 is 5.32 Å². The number of carbonyl (C=O) groups excluding carboxylic acids is 1. The predicted molar refractivity (Wildman–Crippen MR) is 69.0 cm³/mol. The zero-order valence-corrected chi connectivity index (χ0v) is 11.1. The monoisotopic (exact) mass is 282 g/mol. The normalized spacial score (nSPS) is 23.6. The van der Waals surface area contributed by atoms with Crippen LogP contribution in [0.5, 0.6) is 0 Å². The molecule has 1 aliphatic rings. The summed E-state index contributed by atoms with van der Waals surface area (Å²) in [7, 11) is 0. The molecule has 8 heteroatoms. The summed E-state index contributed by atoms with van der Waals surface area (Å²) in [6.07, 6.45) is 4.35. The Morgan fingerprint density at radius 3 is 2.90 bits per heavy atom. The van der Waals surface area contributed by atoms with Gasteiger partial charge in [0.15, 0.2) is 0 Å². The Labute approximate surface area is 116 Å². The second-order valence-corrected chi connectivity index (χ2v) is 5.01. The number of nitrogens with zero attached hydrogens (tertiary/aromatic N) is 3. The Morgan fingerprint density at radius 1 is 1.55 bits per heavy atom. The van der Waals surface area contributed by atoms with Gasteiger partial charge in [-0.15, -0.1) is 0 Å². The van der Waals surface area contributed by atoms with Gasteiger partial charge in [-0.2, -0.15) is 0 Å². The van der Waals surface area contributed by atoms with Crippen LogP contribution in [0.25, 0.3) is 0 Å². The highest BCUT2D eigenvalue weighted by Gasteiger charge is 2.39. The molecule has 1 saturated heterocycles. The van der Waals surface area contributed by atoms with Crippen molar-refractivity contribution >= 4 is 12.0 Å². The predicted octanol–water partition coefficient (Wildman–Crippen LogP) is -0.499. The topological polar surface area (TPSA) is 108 Å². The second-order valence-electron chi connectivity index (χ2n) is 5.01. The molecule has 1 aromatic heterocycles. The van der Waals surface area contributed by atoms with Crippen molar-refractivity contribution in [2.24, 2.45) is 0 Å². The number of aliphatic hydroxyl groups is 1. The summed E-state index contributed by atoms with van der Waals surface area (Å²) in [5, 5.41) is 21.3. The molecule has 8 nitrogen and oxygen atoms in total. The number of aliphatic hydroxyl groups excluding tert-OH is 1. The van der Waals surface area contributed by atoms with Crippen LogP contribution in [-0.4, -0.2) is 61.4 Å². The number of hydrogen-bond acceptors (Lipinski definition) is 4. The molecule has 1 fully saturated rings. The number of β-amino-alcohol motifs (C(OH)–C–C–N with tert-alkyl or cyclic N) is 1.